The van der Waals surface area contributed by atoms with Crippen molar-refractivity contribution < 1.29 is 4.74 Å². The van der Waals surface area contributed by atoms with E-state index in [0.717, 1.165) is 6.42 Å². The van der Waals surface area contributed by atoms with Gasteiger partial charge >= 0.3 is 0 Å². The van der Waals surface area contributed by atoms with Crippen LogP contribution in [0.25, 0.3) is 0 Å². The highest BCUT2D eigenvalue weighted by Gasteiger charge is 2.21. The van der Waals surface area contributed by atoms with Gasteiger partial charge in [-0.2, -0.15) is 0 Å². The van der Waals surface area contributed by atoms with Crippen molar-refractivity contribution in [1.82, 2.24) is 0 Å². The van der Waals surface area contributed by atoms with Crippen LogP contribution in [-0.4, -0.2) is 12.6 Å². The average Bonchev–Trinajstić information content (AvgIpc) is 2.36. The second-order valence-corrected chi connectivity index (χ2v) is 4.70. The monoisotopic (exact) mass is 235 g/mol. The van der Waals surface area contributed by atoms with Gasteiger partial charge in [-0.15, -0.1) is 0 Å². The average molecular weight is 235 g/mol. The van der Waals surface area contributed by atoms with Gasteiger partial charge in [0.25, 0.3) is 0 Å². The third-order valence-electron chi connectivity index (χ3n) is 3.23. The van der Waals surface area contributed by atoms with E-state index in [1.807, 2.05) is 25.1 Å². The molecular formula is C15H25NO. The molecule has 1 aromatic rings. The van der Waals surface area contributed by atoms with Crippen LogP contribution in [0.5, 0.6) is 0 Å². The molecule has 0 saturated carbocycles. The fraction of sp³-hybridized carbons (Fsp3) is 0.600. The molecule has 0 radical (unpaired) electrons. The van der Waals surface area contributed by atoms with Crippen LogP contribution in [0.15, 0.2) is 30.3 Å². The predicted molar refractivity (Wildman–Crippen MR) is 72.9 cm³/mol. The van der Waals surface area contributed by atoms with Gasteiger partial charge in [0, 0.05) is 12.6 Å². The van der Waals surface area contributed by atoms with Gasteiger partial charge < -0.3 is 10.5 Å². The van der Waals surface area contributed by atoms with Gasteiger partial charge in [0.05, 0.1) is 6.10 Å². The van der Waals surface area contributed by atoms with E-state index in [9.17, 15) is 0 Å². The smallest absolute Gasteiger partial charge is 0.0975 e. The van der Waals surface area contributed by atoms with Crippen LogP contribution in [-0.2, 0) is 4.74 Å². The molecule has 0 bridgehead atoms. The third-order valence-corrected chi connectivity index (χ3v) is 3.23. The molecule has 0 aliphatic carbocycles. The van der Waals surface area contributed by atoms with E-state index in [-0.39, 0.29) is 12.1 Å². The molecule has 0 aliphatic heterocycles. The Hall–Kier alpha value is -0.860. The van der Waals surface area contributed by atoms with E-state index in [1.165, 1.54) is 12.0 Å². The first-order chi connectivity index (χ1) is 8.19. The molecule has 3 atom stereocenters. The second-order valence-electron chi connectivity index (χ2n) is 4.70. The SMILES string of the molecule is CCOC(c1ccccc1)C(N)CC(C)CC. The van der Waals surface area contributed by atoms with E-state index >= 15 is 0 Å². The summed E-state index contributed by atoms with van der Waals surface area (Å²) in [5, 5.41) is 0. The summed E-state index contributed by atoms with van der Waals surface area (Å²) < 4.78 is 5.81. The molecule has 2 heteroatoms. The maximum atomic E-state index is 6.29. The van der Waals surface area contributed by atoms with E-state index in [2.05, 4.69) is 26.0 Å². The Morgan fingerprint density at radius 3 is 2.35 bits per heavy atom. The Balaban J connectivity index is 2.71. The van der Waals surface area contributed by atoms with Gasteiger partial charge in [-0.05, 0) is 24.8 Å². The van der Waals surface area contributed by atoms with Gasteiger partial charge in [0.2, 0.25) is 0 Å². The van der Waals surface area contributed by atoms with E-state index in [4.69, 9.17) is 10.5 Å². The Morgan fingerprint density at radius 2 is 1.82 bits per heavy atom. The molecular weight excluding hydrogens is 210 g/mol. The summed E-state index contributed by atoms with van der Waals surface area (Å²) in [6.45, 7) is 7.17. The molecule has 0 spiro atoms. The highest BCUT2D eigenvalue weighted by molar-refractivity contribution is 5.19. The second kappa shape index (κ2) is 7.46. The molecule has 0 aromatic heterocycles. The lowest BCUT2D eigenvalue weighted by molar-refractivity contribution is 0.0376. The summed E-state index contributed by atoms with van der Waals surface area (Å²) in [4.78, 5) is 0. The fourth-order valence-electron chi connectivity index (χ4n) is 2.04. The molecule has 0 saturated heterocycles. The zero-order chi connectivity index (χ0) is 12.7. The van der Waals surface area contributed by atoms with Crippen molar-refractivity contribution in [1.29, 1.82) is 0 Å². The van der Waals surface area contributed by atoms with E-state index in [0.29, 0.717) is 12.5 Å². The predicted octanol–water partition coefficient (Wildman–Crippen LogP) is 3.53. The van der Waals surface area contributed by atoms with Crippen molar-refractivity contribution in [3.8, 4) is 0 Å². The fourth-order valence-corrected chi connectivity index (χ4v) is 2.04. The molecule has 1 aromatic carbocycles. The summed E-state index contributed by atoms with van der Waals surface area (Å²) in [6.07, 6.45) is 2.20. The Labute approximate surface area is 105 Å². The Morgan fingerprint density at radius 1 is 1.18 bits per heavy atom. The van der Waals surface area contributed by atoms with Crippen LogP contribution < -0.4 is 5.73 Å². The minimum absolute atomic E-state index is 0.0233. The van der Waals surface area contributed by atoms with Gasteiger partial charge in [-0.1, -0.05) is 50.6 Å². The highest BCUT2D eigenvalue weighted by Crippen LogP contribution is 2.24. The summed E-state index contributed by atoms with van der Waals surface area (Å²) in [7, 11) is 0. The molecule has 2 nitrogen and oxygen atoms in total. The minimum atomic E-state index is 0.0233. The van der Waals surface area contributed by atoms with E-state index in [1.54, 1.807) is 0 Å². The van der Waals surface area contributed by atoms with Crippen LogP contribution in [0.2, 0.25) is 0 Å². The molecule has 0 heterocycles. The normalized spacial score (nSPS) is 16.5. The van der Waals surface area contributed by atoms with Crippen molar-refractivity contribution in [2.24, 2.45) is 11.7 Å². The zero-order valence-corrected chi connectivity index (χ0v) is 11.2. The maximum Gasteiger partial charge on any atom is 0.0975 e. The van der Waals surface area contributed by atoms with Crippen molar-refractivity contribution in [3.05, 3.63) is 35.9 Å². The molecule has 2 N–H and O–H groups in total. The maximum absolute atomic E-state index is 6.29. The topological polar surface area (TPSA) is 35.2 Å². The molecule has 0 fully saturated rings. The number of hydrogen-bond acceptors (Lipinski definition) is 2. The minimum Gasteiger partial charge on any atom is -0.372 e. The summed E-state index contributed by atoms with van der Waals surface area (Å²) in [5.41, 5.74) is 7.47. The largest absolute Gasteiger partial charge is 0.372 e. The number of benzene rings is 1. The van der Waals surface area contributed by atoms with Crippen LogP contribution in [0.4, 0.5) is 0 Å². The highest BCUT2D eigenvalue weighted by atomic mass is 16.5. The summed E-state index contributed by atoms with van der Waals surface area (Å²) in [5.74, 6) is 0.650. The Bertz CT molecular complexity index is 299. The lowest BCUT2D eigenvalue weighted by Crippen LogP contribution is -2.32. The molecule has 96 valence electrons. The molecule has 3 unspecified atom stereocenters. The van der Waals surface area contributed by atoms with Gasteiger partial charge in [0.1, 0.15) is 0 Å². The first-order valence-corrected chi connectivity index (χ1v) is 6.61. The molecule has 1 rings (SSSR count). The number of nitrogens with two attached hydrogens (primary N) is 1. The number of hydrogen-bond donors (Lipinski definition) is 1. The Kier molecular flexibility index (Phi) is 6.23. The zero-order valence-electron chi connectivity index (χ0n) is 11.2. The van der Waals surface area contributed by atoms with E-state index < -0.39 is 0 Å². The first kappa shape index (κ1) is 14.2. The van der Waals surface area contributed by atoms with Gasteiger partial charge in [-0.25, -0.2) is 0 Å². The number of ether oxygens (including phenoxy) is 1. The van der Waals surface area contributed by atoms with Crippen LogP contribution in [0.3, 0.4) is 0 Å². The van der Waals surface area contributed by atoms with Crippen LogP contribution in [0, 0.1) is 5.92 Å². The van der Waals surface area contributed by atoms with Gasteiger partial charge in [0.15, 0.2) is 0 Å². The van der Waals surface area contributed by atoms with Crippen molar-refractivity contribution in [3.63, 3.8) is 0 Å². The lowest BCUT2D eigenvalue weighted by atomic mass is 9.93. The van der Waals surface area contributed by atoms with Crippen molar-refractivity contribution in [2.45, 2.75) is 45.8 Å². The quantitative estimate of drug-likeness (QED) is 0.784. The molecule has 0 aliphatic rings. The summed E-state index contributed by atoms with van der Waals surface area (Å²) in [6, 6.07) is 10.4. The van der Waals surface area contributed by atoms with Crippen molar-refractivity contribution in [2.75, 3.05) is 6.61 Å². The standard InChI is InChI=1S/C15H25NO/c1-4-12(3)11-14(16)15(17-5-2)13-9-7-6-8-10-13/h6-10,12,14-15H,4-5,11,16H2,1-3H3. The molecule has 17 heavy (non-hydrogen) atoms. The van der Waals surface area contributed by atoms with Crippen molar-refractivity contribution >= 4 is 0 Å². The third kappa shape index (κ3) is 4.49. The van der Waals surface area contributed by atoms with Crippen LogP contribution >= 0.6 is 0 Å². The lowest BCUT2D eigenvalue weighted by Gasteiger charge is -2.26. The first-order valence-electron chi connectivity index (χ1n) is 6.61. The van der Waals surface area contributed by atoms with Crippen LogP contribution in [0.1, 0.15) is 45.3 Å². The summed E-state index contributed by atoms with van der Waals surface area (Å²) >= 11 is 0. The van der Waals surface area contributed by atoms with Gasteiger partial charge in [-0.3, -0.25) is 0 Å². The number of rotatable bonds is 7. The molecule has 0 amide bonds.